The van der Waals surface area contributed by atoms with Crippen LogP contribution in [0.4, 0.5) is 0 Å². The normalized spacial score (nSPS) is 11.8. The Hall–Kier alpha value is -3.22. The minimum Gasteiger partial charge on any atom is -0.507 e. The number of phenolic OH excluding ortho intramolecular Hbond substituents is 1. The Morgan fingerprint density at radius 3 is 2.47 bits per heavy atom. The standard InChI is InChI=1S/C22H18Cl2N2O4/c1-14(22(28)26-25-13-15-4-2-3-5-20(15)27)29-17-7-9-18(10-8-17)30-21-11-6-16(23)12-19(21)24/h2-14,27H,1H3,(H,26,28)/b25-13-/t14-/m1/s1. The van der Waals surface area contributed by atoms with Crippen LogP contribution >= 0.6 is 23.2 Å². The van der Waals surface area contributed by atoms with Crippen LogP contribution < -0.4 is 14.9 Å². The molecule has 6 nitrogen and oxygen atoms in total. The fraction of sp³-hybridized carbons (Fsp3) is 0.0909. The van der Waals surface area contributed by atoms with Crippen LogP contribution in [0.2, 0.25) is 10.0 Å². The van der Waals surface area contributed by atoms with Crippen molar-refractivity contribution in [3.8, 4) is 23.0 Å². The lowest BCUT2D eigenvalue weighted by Crippen LogP contribution is -2.33. The molecule has 0 bridgehead atoms. The van der Waals surface area contributed by atoms with E-state index in [0.717, 1.165) is 0 Å². The molecule has 30 heavy (non-hydrogen) atoms. The van der Waals surface area contributed by atoms with Gasteiger partial charge in [0, 0.05) is 10.6 Å². The van der Waals surface area contributed by atoms with Gasteiger partial charge in [-0.05, 0) is 61.5 Å². The van der Waals surface area contributed by atoms with E-state index < -0.39 is 12.0 Å². The van der Waals surface area contributed by atoms with Crippen molar-refractivity contribution in [2.75, 3.05) is 0 Å². The van der Waals surface area contributed by atoms with Gasteiger partial charge in [-0.2, -0.15) is 5.10 Å². The first-order valence-corrected chi connectivity index (χ1v) is 9.68. The van der Waals surface area contributed by atoms with Gasteiger partial charge in [-0.3, -0.25) is 4.79 Å². The molecule has 0 radical (unpaired) electrons. The number of para-hydroxylation sites is 1. The second-order valence-electron chi connectivity index (χ2n) is 6.20. The van der Waals surface area contributed by atoms with Gasteiger partial charge in [-0.15, -0.1) is 0 Å². The Bertz CT molecular complexity index is 1060. The van der Waals surface area contributed by atoms with Crippen LogP contribution in [0.15, 0.2) is 71.8 Å². The van der Waals surface area contributed by atoms with Gasteiger partial charge in [-0.1, -0.05) is 35.3 Å². The summed E-state index contributed by atoms with van der Waals surface area (Å²) in [5.74, 6) is 1.15. The van der Waals surface area contributed by atoms with E-state index in [-0.39, 0.29) is 5.75 Å². The van der Waals surface area contributed by atoms with E-state index >= 15 is 0 Å². The highest BCUT2D eigenvalue weighted by atomic mass is 35.5. The van der Waals surface area contributed by atoms with E-state index in [2.05, 4.69) is 10.5 Å². The number of hydrogen-bond donors (Lipinski definition) is 2. The van der Waals surface area contributed by atoms with Crippen molar-refractivity contribution in [1.82, 2.24) is 5.43 Å². The molecule has 154 valence electrons. The molecule has 3 aromatic carbocycles. The van der Waals surface area contributed by atoms with Gasteiger partial charge in [0.05, 0.1) is 11.2 Å². The van der Waals surface area contributed by atoms with Crippen LogP contribution in [0.25, 0.3) is 0 Å². The summed E-state index contributed by atoms with van der Waals surface area (Å²) in [6.45, 7) is 1.60. The molecule has 1 amide bonds. The molecule has 0 aliphatic carbocycles. The second kappa shape index (κ2) is 10.0. The summed E-state index contributed by atoms with van der Waals surface area (Å²) < 4.78 is 11.3. The van der Waals surface area contributed by atoms with Crippen molar-refractivity contribution in [1.29, 1.82) is 0 Å². The summed E-state index contributed by atoms with van der Waals surface area (Å²) in [4.78, 5) is 12.1. The zero-order valence-electron chi connectivity index (χ0n) is 15.9. The summed E-state index contributed by atoms with van der Waals surface area (Å²) >= 11 is 12.0. The molecule has 0 spiro atoms. The summed E-state index contributed by atoms with van der Waals surface area (Å²) in [7, 11) is 0. The number of aromatic hydroxyl groups is 1. The molecule has 0 aliphatic rings. The smallest absolute Gasteiger partial charge is 0.280 e. The number of nitrogens with zero attached hydrogens (tertiary/aromatic N) is 1. The Balaban J connectivity index is 1.54. The SMILES string of the molecule is C[C@@H](Oc1ccc(Oc2ccc(Cl)cc2Cl)cc1)C(=O)N/N=C\c1ccccc1O. The van der Waals surface area contributed by atoms with Crippen molar-refractivity contribution in [2.24, 2.45) is 5.10 Å². The fourth-order valence-electron chi connectivity index (χ4n) is 2.38. The Morgan fingerprint density at radius 1 is 1.07 bits per heavy atom. The summed E-state index contributed by atoms with van der Waals surface area (Å²) in [5.41, 5.74) is 2.87. The Kier molecular flexibility index (Phi) is 7.17. The molecule has 0 aliphatic heterocycles. The van der Waals surface area contributed by atoms with Crippen LogP contribution in [0.1, 0.15) is 12.5 Å². The van der Waals surface area contributed by atoms with Crippen LogP contribution in [0.3, 0.4) is 0 Å². The predicted octanol–water partition coefficient (Wildman–Crippen LogP) is 5.41. The van der Waals surface area contributed by atoms with E-state index in [1.165, 1.54) is 12.3 Å². The third-order valence-electron chi connectivity index (χ3n) is 3.94. The number of halogens is 2. The molecule has 3 rings (SSSR count). The van der Waals surface area contributed by atoms with Crippen LogP contribution in [-0.2, 0) is 4.79 Å². The van der Waals surface area contributed by atoms with E-state index in [1.807, 2.05) is 0 Å². The quantitative estimate of drug-likeness (QED) is 0.377. The average molecular weight is 445 g/mol. The van der Waals surface area contributed by atoms with Crippen LogP contribution in [0, 0.1) is 0 Å². The third kappa shape index (κ3) is 5.89. The Morgan fingerprint density at radius 2 is 1.77 bits per heavy atom. The van der Waals surface area contributed by atoms with Crippen molar-refractivity contribution in [2.45, 2.75) is 13.0 Å². The first kappa shape index (κ1) is 21.5. The molecule has 0 saturated carbocycles. The number of ether oxygens (including phenoxy) is 2. The van der Waals surface area contributed by atoms with Gasteiger partial charge in [-0.25, -0.2) is 5.43 Å². The maximum atomic E-state index is 12.1. The van der Waals surface area contributed by atoms with Gasteiger partial charge in [0.1, 0.15) is 23.0 Å². The molecule has 3 aromatic rings. The highest BCUT2D eigenvalue weighted by Crippen LogP contribution is 2.32. The summed E-state index contributed by atoms with van der Waals surface area (Å²) in [6, 6.07) is 18.3. The van der Waals surface area contributed by atoms with Crippen molar-refractivity contribution in [3.63, 3.8) is 0 Å². The highest BCUT2D eigenvalue weighted by Gasteiger charge is 2.14. The van der Waals surface area contributed by atoms with E-state index in [1.54, 1.807) is 67.6 Å². The number of amides is 1. The summed E-state index contributed by atoms with van der Waals surface area (Å²) in [6.07, 6.45) is 0.567. The van der Waals surface area contributed by atoms with Gasteiger partial charge in [0.2, 0.25) is 0 Å². The zero-order chi connectivity index (χ0) is 21.5. The fourth-order valence-corrected chi connectivity index (χ4v) is 2.83. The zero-order valence-corrected chi connectivity index (χ0v) is 17.4. The average Bonchev–Trinajstić information content (AvgIpc) is 2.72. The van der Waals surface area contributed by atoms with Crippen LogP contribution in [-0.4, -0.2) is 23.3 Å². The van der Waals surface area contributed by atoms with Crippen molar-refractivity contribution >= 4 is 35.3 Å². The molecule has 2 N–H and O–H groups in total. The molecule has 1 atom stereocenters. The summed E-state index contributed by atoms with van der Waals surface area (Å²) in [5, 5.41) is 14.4. The number of phenols is 1. The molecule has 0 aromatic heterocycles. The molecule has 0 saturated heterocycles. The van der Waals surface area contributed by atoms with Gasteiger partial charge in [0.15, 0.2) is 6.10 Å². The lowest BCUT2D eigenvalue weighted by atomic mass is 10.2. The van der Waals surface area contributed by atoms with Crippen LogP contribution in [0.5, 0.6) is 23.0 Å². The first-order chi connectivity index (χ1) is 14.4. The molecule has 0 fully saturated rings. The number of hydrogen-bond acceptors (Lipinski definition) is 5. The van der Waals surface area contributed by atoms with E-state index in [4.69, 9.17) is 32.7 Å². The largest absolute Gasteiger partial charge is 0.507 e. The minimum atomic E-state index is -0.788. The highest BCUT2D eigenvalue weighted by molar-refractivity contribution is 6.35. The van der Waals surface area contributed by atoms with Crippen molar-refractivity contribution in [3.05, 3.63) is 82.3 Å². The number of benzene rings is 3. The molecular weight excluding hydrogens is 427 g/mol. The number of carbonyl (C=O) groups is 1. The number of hydrazone groups is 1. The third-order valence-corrected chi connectivity index (χ3v) is 4.47. The maximum Gasteiger partial charge on any atom is 0.280 e. The minimum absolute atomic E-state index is 0.0713. The maximum absolute atomic E-state index is 12.1. The number of rotatable bonds is 7. The lowest BCUT2D eigenvalue weighted by molar-refractivity contribution is -0.127. The second-order valence-corrected chi connectivity index (χ2v) is 7.04. The molecular formula is C22H18Cl2N2O4. The van der Waals surface area contributed by atoms with E-state index in [9.17, 15) is 9.90 Å². The lowest BCUT2D eigenvalue weighted by Gasteiger charge is -2.13. The molecule has 8 heteroatoms. The van der Waals surface area contributed by atoms with Gasteiger partial charge in [0.25, 0.3) is 5.91 Å². The van der Waals surface area contributed by atoms with E-state index in [0.29, 0.717) is 32.9 Å². The monoisotopic (exact) mass is 444 g/mol. The topological polar surface area (TPSA) is 80.2 Å². The number of nitrogens with one attached hydrogen (secondary N) is 1. The first-order valence-electron chi connectivity index (χ1n) is 8.93. The molecule has 0 heterocycles. The number of carbonyl (C=O) groups excluding carboxylic acids is 1. The van der Waals surface area contributed by atoms with Gasteiger partial charge >= 0.3 is 0 Å². The van der Waals surface area contributed by atoms with Crippen molar-refractivity contribution < 1.29 is 19.4 Å². The molecule has 0 unspecified atom stereocenters. The Labute approximate surface area is 183 Å². The predicted molar refractivity (Wildman–Crippen MR) is 117 cm³/mol. The van der Waals surface area contributed by atoms with Gasteiger partial charge < -0.3 is 14.6 Å².